The van der Waals surface area contributed by atoms with Crippen LogP contribution in [0.1, 0.15) is 80.4 Å². The molecule has 2 aliphatic heterocycles. The Labute approximate surface area is 257 Å². The molecule has 14 heteroatoms. The Balaban J connectivity index is 1.39. The Bertz CT molecular complexity index is 1540. The van der Waals surface area contributed by atoms with Crippen molar-refractivity contribution >= 4 is 35.2 Å². The van der Waals surface area contributed by atoms with E-state index in [0.29, 0.717) is 35.5 Å². The number of carbonyl (C=O) groups is 4. The van der Waals surface area contributed by atoms with Crippen LogP contribution in [-0.4, -0.2) is 73.1 Å². The van der Waals surface area contributed by atoms with Gasteiger partial charge in [0.05, 0.1) is 17.4 Å². The van der Waals surface area contributed by atoms with Gasteiger partial charge >= 0.3 is 5.97 Å². The number of nitrogens with zero attached hydrogens (tertiary/aromatic N) is 5. The number of aromatic nitrogens is 3. The largest absolute Gasteiger partial charge is 0.487 e. The number of carboxylic acids is 1. The van der Waals surface area contributed by atoms with Crippen molar-refractivity contribution in [2.24, 2.45) is 23.8 Å². The molecule has 1 aromatic heterocycles. The fraction of sp³-hybridized carbons (Fsp3) is 0.600. The molecule has 6 rings (SSSR count). The highest BCUT2D eigenvalue weighted by Gasteiger charge is 2.54. The van der Waals surface area contributed by atoms with Crippen LogP contribution in [0.3, 0.4) is 0 Å². The van der Waals surface area contributed by atoms with Gasteiger partial charge in [-0.2, -0.15) is 0 Å². The van der Waals surface area contributed by atoms with Gasteiger partial charge in [0.1, 0.15) is 29.5 Å². The second-order valence-electron chi connectivity index (χ2n) is 12.8. The first-order valence-electron chi connectivity index (χ1n) is 14.8. The molecule has 0 unspecified atom stereocenters. The maximum atomic E-state index is 14.4. The lowest BCUT2D eigenvalue weighted by molar-refractivity contribution is -0.164. The SMILES string of the molecule is Cn1nnc(COc2ccc(Cl)c3c2[C@@H](CN2CC4(CC4)CC2=O)N(C(=O)[C@@H]2CC(=O)CC[C@]2(C)C(=O)O)CC3)c1C(F)F. The first-order chi connectivity index (χ1) is 20.8. The third kappa shape index (κ3) is 5.22. The Morgan fingerprint density at radius 1 is 1.20 bits per heavy atom. The molecule has 0 bridgehead atoms. The molecule has 236 valence electrons. The summed E-state index contributed by atoms with van der Waals surface area (Å²) in [4.78, 5) is 55.8. The summed E-state index contributed by atoms with van der Waals surface area (Å²) in [5.74, 6) is -2.64. The number of carboxylic acid groups (broad SMARTS) is 1. The smallest absolute Gasteiger partial charge is 0.310 e. The molecule has 1 aromatic carbocycles. The number of amides is 2. The Morgan fingerprint density at radius 3 is 2.61 bits per heavy atom. The molecule has 3 atom stereocenters. The zero-order chi connectivity index (χ0) is 31.6. The Morgan fingerprint density at radius 2 is 1.95 bits per heavy atom. The predicted octanol–water partition coefficient (Wildman–Crippen LogP) is 3.88. The summed E-state index contributed by atoms with van der Waals surface area (Å²) < 4.78 is 34.5. The van der Waals surface area contributed by atoms with E-state index in [9.17, 15) is 33.1 Å². The molecule has 0 radical (unpaired) electrons. The fourth-order valence-electron chi connectivity index (χ4n) is 7.10. The van der Waals surface area contributed by atoms with Gasteiger partial charge in [0.15, 0.2) is 0 Å². The van der Waals surface area contributed by atoms with Crippen LogP contribution in [-0.2, 0) is 39.3 Å². The van der Waals surface area contributed by atoms with Crippen molar-refractivity contribution in [2.75, 3.05) is 19.6 Å². The van der Waals surface area contributed by atoms with Gasteiger partial charge < -0.3 is 19.6 Å². The van der Waals surface area contributed by atoms with Gasteiger partial charge in [-0.1, -0.05) is 16.8 Å². The lowest BCUT2D eigenvalue weighted by Gasteiger charge is -2.45. The third-order valence-electron chi connectivity index (χ3n) is 10.0. The number of Topliss-reactive ketones (excluding diaryl/α,β-unsaturated/α-hetero) is 1. The minimum atomic E-state index is -2.83. The molecule has 1 saturated heterocycles. The van der Waals surface area contributed by atoms with E-state index in [-0.39, 0.29) is 73.2 Å². The van der Waals surface area contributed by atoms with Crippen LogP contribution >= 0.6 is 11.6 Å². The average molecular weight is 634 g/mol. The van der Waals surface area contributed by atoms with Crippen LogP contribution < -0.4 is 4.74 Å². The van der Waals surface area contributed by atoms with Crippen LogP contribution in [0.15, 0.2) is 12.1 Å². The normalized spacial score (nSPS) is 26.0. The number of alkyl halides is 2. The highest BCUT2D eigenvalue weighted by Crippen LogP contribution is 2.54. The molecule has 2 amide bonds. The van der Waals surface area contributed by atoms with Crippen molar-refractivity contribution in [2.45, 2.75) is 70.9 Å². The highest BCUT2D eigenvalue weighted by molar-refractivity contribution is 6.31. The summed E-state index contributed by atoms with van der Waals surface area (Å²) in [5, 5.41) is 18.1. The molecule has 2 saturated carbocycles. The van der Waals surface area contributed by atoms with E-state index in [1.807, 2.05) is 0 Å². The quantitative estimate of drug-likeness (QED) is 0.463. The summed E-state index contributed by atoms with van der Waals surface area (Å²) in [5.41, 5.74) is -0.693. The monoisotopic (exact) mass is 633 g/mol. The number of ketones is 1. The molecule has 4 aliphatic rings. The number of hydrogen-bond donors (Lipinski definition) is 1. The standard InChI is InChI=1S/C30H34ClF2N5O6/c1-29(28(42)43)7-5-16(39)11-18(29)27(41)38-10-6-17-19(31)3-4-22(44-14-20-25(26(32)33)36(2)35-34-20)24(17)21(38)13-37-15-30(8-9-30)12-23(37)40/h3-4,18,21,26H,5-15H2,1-2H3,(H,42,43)/t18-,21+,29-/m0/s1. The first kappa shape index (κ1) is 30.4. The maximum Gasteiger partial charge on any atom is 0.310 e. The zero-order valence-electron chi connectivity index (χ0n) is 24.5. The lowest BCUT2D eigenvalue weighted by Crippen LogP contribution is -2.53. The second kappa shape index (κ2) is 11.1. The number of aliphatic carboxylic acids is 1. The lowest BCUT2D eigenvalue weighted by atomic mass is 9.66. The first-order valence-corrected chi connectivity index (χ1v) is 15.2. The molecule has 2 aromatic rings. The van der Waals surface area contributed by atoms with Gasteiger partial charge in [-0.15, -0.1) is 5.10 Å². The van der Waals surface area contributed by atoms with E-state index in [1.54, 1.807) is 21.9 Å². The minimum absolute atomic E-state index is 0.0316. The molecule has 1 N–H and O–H groups in total. The summed E-state index contributed by atoms with van der Waals surface area (Å²) in [6.45, 7) is 2.02. The van der Waals surface area contributed by atoms with E-state index >= 15 is 0 Å². The van der Waals surface area contributed by atoms with Crippen LogP contribution in [0.2, 0.25) is 5.02 Å². The number of fused-ring (bicyclic) bond motifs is 1. The molecule has 2 aliphatic carbocycles. The van der Waals surface area contributed by atoms with Crippen molar-refractivity contribution < 1.29 is 37.8 Å². The fourth-order valence-corrected chi connectivity index (χ4v) is 7.35. The highest BCUT2D eigenvalue weighted by atomic mass is 35.5. The van der Waals surface area contributed by atoms with Gasteiger partial charge in [0.25, 0.3) is 6.43 Å². The van der Waals surface area contributed by atoms with E-state index in [1.165, 1.54) is 14.0 Å². The number of aryl methyl sites for hydroxylation is 1. The number of halogens is 3. The molecule has 3 fully saturated rings. The number of hydrogen-bond acceptors (Lipinski definition) is 7. The predicted molar refractivity (Wildman–Crippen MR) is 151 cm³/mol. The number of ether oxygens (including phenoxy) is 1. The van der Waals surface area contributed by atoms with Gasteiger partial charge in [-0.05, 0) is 55.7 Å². The third-order valence-corrected chi connectivity index (χ3v) is 10.4. The summed E-state index contributed by atoms with van der Waals surface area (Å²) >= 11 is 6.66. The zero-order valence-corrected chi connectivity index (χ0v) is 25.3. The van der Waals surface area contributed by atoms with Crippen LogP contribution in [0, 0.1) is 16.7 Å². The number of carbonyl (C=O) groups excluding carboxylic acids is 3. The van der Waals surface area contributed by atoms with Crippen molar-refractivity contribution in [3.05, 3.63) is 39.7 Å². The van der Waals surface area contributed by atoms with Crippen LogP contribution in [0.5, 0.6) is 5.75 Å². The molecule has 3 heterocycles. The summed E-state index contributed by atoms with van der Waals surface area (Å²) in [6, 6.07) is 2.46. The van der Waals surface area contributed by atoms with Crippen molar-refractivity contribution in [1.82, 2.24) is 24.8 Å². The summed E-state index contributed by atoms with van der Waals surface area (Å²) in [7, 11) is 1.36. The van der Waals surface area contributed by atoms with Crippen LogP contribution in [0.4, 0.5) is 8.78 Å². The molecule has 11 nitrogen and oxygen atoms in total. The number of benzene rings is 1. The minimum Gasteiger partial charge on any atom is -0.487 e. The second-order valence-corrected chi connectivity index (χ2v) is 13.2. The summed E-state index contributed by atoms with van der Waals surface area (Å²) in [6.07, 6.45) is -0.252. The molecular formula is C30H34ClF2N5O6. The van der Waals surface area contributed by atoms with Gasteiger partial charge in [-0.25, -0.2) is 13.5 Å². The maximum absolute atomic E-state index is 14.4. The van der Waals surface area contributed by atoms with Gasteiger partial charge in [0, 0.05) is 56.5 Å². The van der Waals surface area contributed by atoms with Crippen molar-refractivity contribution in [3.63, 3.8) is 0 Å². The average Bonchev–Trinajstić information content (AvgIpc) is 3.51. The Hall–Kier alpha value is -3.61. The number of rotatable bonds is 8. The van der Waals surface area contributed by atoms with Crippen molar-refractivity contribution in [1.29, 1.82) is 0 Å². The van der Waals surface area contributed by atoms with Crippen LogP contribution in [0.25, 0.3) is 0 Å². The van der Waals surface area contributed by atoms with Gasteiger partial charge in [0.2, 0.25) is 11.8 Å². The van der Waals surface area contributed by atoms with E-state index in [2.05, 4.69) is 10.3 Å². The number of likely N-dealkylation sites (tertiary alicyclic amines) is 1. The topological polar surface area (TPSA) is 135 Å². The molecular weight excluding hydrogens is 600 g/mol. The van der Waals surface area contributed by atoms with Gasteiger partial charge in [-0.3, -0.25) is 19.2 Å². The van der Waals surface area contributed by atoms with E-state index in [0.717, 1.165) is 17.5 Å². The van der Waals surface area contributed by atoms with Crippen molar-refractivity contribution in [3.8, 4) is 5.75 Å². The van der Waals surface area contributed by atoms with E-state index < -0.39 is 35.7 Å². The molecule has 1 spiro atoms. The molecule has 44 heavy (non-hydrogen) atoms. The van der Waals surface area contributed by atoms with E-state index in [4.69, 9.17) is 16.3 Å². The Kier molecular flexibility index (Phi) is 7.66.